The van der Waals surface area contributed by atoms with Crippen LogP contribution in [0.25, 0.3) is 0 Å². The smallest absolute Gasteiger partial charge is 0.263 e. The third-order valence-corrected chi connectivity index (χ3v) is 6.73. The first-order chi connectivity index (χ1) is 15.7. The highest BCUT2D eigenvalue weighted by atomic mass is 32.1. The van der Waals surface area contributed by atoms with Crippen molar-refractivity contribution in [3.05, 3.63) is 82.3 Å². The largest absolute Gasteiger partial charge is 0.493 e. The van der Waals surface area contributed by atoms with Crippen molar-refractivity contribution in [2.45, 2.75) is 25.8 Å². The van der Waals surface area contributed by atoms with Crippen LogP contribution in [0.4, 0.5) is 0 Å². The molecule has 1 aromatic carbocycles. The van der Waals surface area contributed by atoms with Crippen LogP contribution in [0.3, 0.4) is 0 Å². The summed E-state index contributed by atoms with van der Waals surface area (Å²) >= 11 is 1.51. The monoisotopic (exact) mass is 449 g/mol. The molecule has 168 valence electrons. The lowest BCUT2D eigenvalue weighted by Gasteiger charge is -2.32. The number of pyridine rings is 1. The zero-order valence-corrected chi connectivity index (χ0v) is 19.5. The van der Waals surface area contributed by atoms with Crippen molar-refractivity contribution < 1.29 is 9.53 Å². The lowest BCUT2D eigenvalue weighted by Crippen LogP contribution is -2.41. The molecular formula is C26H31N3O2S. The zero-order valence-electron chi connectivity index (χ0n) is 18.7. The summed E-state index contributed by atoms with van der Waals surface area (Å²) in [5.41, 5.74) is 2.40. The van der Waals surface area contributed by atoms with Gasteiger partial charge in [0.05, 0.1) is 11.5 Å². The summed E-state index contributed by atoms with van der Waals surface area (Å²) in [7, 11) is 2.14. The van der Waals surface area contributed by atoms with Crippen LogP contribution in [0.1, 0.15) is 33.8 Å². The number of rotatable bonds is 9. The van der Waals surface area contributed by atoms with Gasteiger partial charge in [0.15, 0.2) is 0 Å². The quantitative estimate of drug-likeness (QED) is 0.473. The number of amides is 1. The van der Waals surface area contributed by atoms with E-state index in [4.69, 9.17) is 4.74 Å². The summed E-state index contributed by atoms with van der Waals surface area (Å²) in [6, 6.07) is 18.3. The number of benzene rings is 1. The third-order valence-electron chi connectivity index (χ3n) is 5.88. The number of hydrogen-bond acceptors (Lipinski definition) is 5. The maximum absolute atomic E-state index is 12.6. The Balaban J connectivity index is 1.21. The van der Waals surface area contributed by atoms with Gasteiger partial charge < -0.3 is 14.5 Å². The van der Waals surface area contributed by atoms with Crippen LogP contribution in [0.15, 0.2) is 66.2 Å². The number of nitrogens with zero attached hydrogens (tertiary/aromatic N) is 3. The van der Waals surface area contributed by atoms with Crippen molar-refractivity contribution in [2.24, 2.45) is 5.92 Å². The van der Waals surface area contributed by atoms with Crippen molar-refractivity contribution in [1.82, 2.24) is 14.8 Å². The minimum atomic E-state index is 0.154. The normalized spacial score (nSPS) is 16.3. The highest BCUT2D eigenvalue weighted by molar-refractivity contribution is 7.12. The van der Waals surface area contributed by atoms with Crippen LogP contribution in [0.2, 0.25) is 0 Å². The molecular weight excluding hydrogens is 418 g/mol. The fraction of sp³-hybridized carbons (Fsp3) is 0.385. The molecule has 1 aliphatic rings. The topological polar surface area (TPSA) is 45.7 Å². The van der Waals surface area contributed by atoms with Crippen LogP contribution in [-0.4, -0.2) is 54.0 Å². The Morgan fingerprint density at radius 2 is 2.06 bits per heavy atom. The maximum Gasteiger partial charge on any atom is 0.263 e. The summed E-state index contributed by atoms with van der Waals surface area (Å²) < 4.78 is 6.07. The van der Waals surface area contributed by atoms with Crippen LogP contribution in [-0.2, 0) is 13.0 Å². The van der Waals surface area contributed by atoms with E-state index in [1.54, 1.807) is 0 Å². The van der Waals surface area contributed by atoms with Crippen LogP contribution in [0.5, 0.6) is 5.75 Å². The highest BCUT2D eigenvalue weighted by Gasteiger charge is 2.25. The van der Waals surface area contributed by atoms with Gasteiger partial charge in [0.2, 0.25) is 0 Å². The summed E-state index contributed by atoms with van der Waals surface area (Å²) in [5.74, 6) is 1.43. The first-order valence-corrected chi connectivity index (χ1v) is 12.2. The summed E-state index contributed by atoms with van der Waals surface area (Å²) in [5, 5.41) is 1.96. The molecule has 32 heavy (non-hydrogen) atoms. The van der Waals surface area contributed by atoms with E-state index in [9.17, 15) is 4.79 Å². The number of likely N-dealkylation sites (N-methyl/N-ethyl adjacent to an activating group) is 1. The SMILES string of the molecule is CN(CCc1ccccn1)Cc1ccc(OC[C@H]2CCCN(C(=O)c3cccs3)C2)cc1. The van der Waals surface area contributed by atoms with Gasteiger partial charge in [-0.15, -0.1) is 11.3 Å². The van der Waals surface area contributed by atoms with Crippen LogP contribution >= 0.6 is 11.3 Å². The first-order valence-electron chi connectivity index (χ1n) is 11.3. The second kappa shape index (κ2) is 11.2. The van der Waals surface area contributed by atoms with E-state index in [0.29, 0.717) is 12.5 Å². The van der Waals surface area contributed by atoms with Gasteiger partial charge >= 0.3 is 0 Å². The van der Waals surface area contributed by atoms with E-state index in [1.807, 2.05) is 40.7 Å². The summed E-state index contributed by atoms with van der Waals surface area (Å²) in [6.07, 6.45) is 4.94. The van der Waals surface area contributed by atoms with E-state index in [0.717, 1.165) is 61.8 Å². The number of aromatic nitrogens is 1. The fourth-order valence-electron chi connectivity index (χ4n) is 4.09. The van der Waals surface area contributed by atoms with Crippen LogP contribution in [0, 0.1) is 5.92 Å². The van der Waals surface area contributed by atoms with Gasteiger partial charge in [-0.05, 0) is 61.2 Å². The van der Waals surface area contributed by atoms with Crippen molar-refractivity contribution in [3.63, 3.8) is 0 Å². The Morgan fingerprint density at radius 3 is 2.81 bits per heavy atom. The molecule has 3 aromatic rings. The van der Waals surface area contributed by atoms with E-state index < -0.39 is 0 Å². The Hall–Kier alpha value is -2.70. The predicted octanol–water partition coefficient (Wildman–Crippen LogP) is 4.75. The molecule has 0 radical (unpaired) electrons. The first kappa shape index (κ1) is 22.5. The molecule has 1 amide bonds. The number of carbonyl (C=O) groups excluding carboxylic acids is 1. The van der Waals surface area contributed by atoms with Gasteiger partial charge in [0.1, 0.15) is 5.75 Å². The average molecular weight is 450 g/mol. The molecule has 0 N–H and O–H groups in total. The van der Waals surface area contributed by atoms with Crippen molar-refractivity contribution in [2.75, 3.05) is 33.3 Å². The second-order valence-corrected chi connectivity index (χ2v) is 9.45. The van der Waals surface area contributed by atoms with E-state index >= 15 is 0 Å². The lowest BCUT2D eigenvalue weighted by atomic mass is 9.99. The molecule has 0 bridgehead atoms. The number of thiophene rings is 1. The van der Waals surface area contributed by atoms with Gasteiger partial charge in [-0.2, -0.15) is 0 Å². The Kier molecular flexibility index (Phi) is 7.91. The molecule has 1 atom stereocenters. The molecule has 0 aliphatic carbocycles. The summed E-state index contributed by atoms with van der Waals surface area (Å²) in [6.45, 7) is 4.14. The minimum Gasteiger partial charge on any atom is -0.493 e. The third kappa shape index (κ3) is 6.40. The molecule has 3 heterocycles. The van der Waals surface area contributed by atoms with Gasteiger partial charge in [-0.25, -0.2) is 0 Å². The van der Waals surface area contributed by atoms with E-state index in [2.05, 4.69) is 47.3 Å². The van der Waals surface area contributed by atoms with Gasteiger partial charge in [0, 0.05) is 50.4 Å². The van der Waals surface area contributed by atoms with E-state index in [1.165, 1.54) is 16.9 Å². The summed E-state index contributed by atoms with van der Waals surface area (Å²) in [4.78, 5) is 22.1. The van der Waals surface area contributed by atoms with Crippen molar-refractivity contribution in [3.8, 4) is 5.75 Å². The number of carbonyl (C=O) groups is 1. The molecule has 1 saturated heterocycles. The lowest BCUT2D eigenvalue weighted by molar-refractivity contribution is 0.0638. The molecule has 1 fully saturated rings. The fourth-order valence-corrected chi connectivity index (χ4v) is 4.78. The van der Waals surface area contributed by atoms with Gasteiger partial charge in [0.25, 0.3) is 5.91 Å². The molecule has 1 aliphatic heterocycles. The maximum atomic E-state index is 12.6. The second-order valence-electron chi connectivity index (χ2n) is 8.50. The zero-order chi connectivity index (χ0) is 22.2. The Labute approximate surface area is 194 Å². The van der Waals surface area contributed by atoms with E-state index in [-0.39, 0.29) is 5.91 Å². The Morgan fingerprint density at radius 1 is 1.19 bits per heavy atom. The molecule has 0 unspecified atom stereocenters. The van der Waals surface area contributed by atoms with Gasteiger partial charge in [-0.1, -0.05) is 24.3 Å². The van der Waals surface area contributed by atoms with Gasteiger partial charge in [-0.3, -0.25) is 9.78 Å². The number of likely N-dealkylation sites (tertiary alicyclic amines) is 1. The van der Waals surface area contributed by atoms with Crippen molar-refractivity contribution in [1.29, 1.82) is 0 Å². The average Bonchev–Trinajstić information content (AvgIpc) is 3.38. The number of hydrogen-bond donors (Lipinski definition) is 0. The molecule has 0 saturated carbocycles. The number of ether oxygens (including phenoxy) is 1. The molecule has 2 aromatic heterocycles. The predicted molar refractivity (Wildman–Crippen MR) is 129 cm³/mol. The Bertz CT molecular complexity index is 961. The molecule has 6 heteroatoms. The molecule has 5 nitrogen and oxygen atoms in total. The highest BCUT2D eigenvalue weighted by Crippen LogP contribution is 2.22. The van der Waals surface area contributed by atoms with Crippen LogP contribution < -0.4 is 4.74 Å². The number of piperidine rings is 1. The minimum absolute atomic E-state index is 0.154. The molecule has 4 rings (SSSR count). The molecule has 0 spiro atoms. The standard InChI is InChI=1S/C26H31N3O2S/c1-28(16-13-23-7-2-3-14-27-23)18-21-9-11-24(12-10-21)31-20-22-6-4-15-29(19-22)26(30)25-8-5-17-32-25/h2-3,5,7-12,14,17,22H,4,6,13,15-16,18-20H2,1H3/t22-/m0/s1. The van der Waals surface area contributed by atoms with Crippen molar-refractivity contribution >= 4 is 17.2 Å².